The summed E-state index contributed by atoms with van der Waals surface area (Å²) in [6.45, 7) is 2.04. The smallest absolute Gasteiger partial charge is 0.272 e. The molecule has 0 aliphatic rings. The number of hydrogen-bond donors (Lipinski definition) is 3. The Kier molecular flexibility index (Phi) is 10.6. The van der Waals surface area contributed by atoms with Gasteiger partial charge in [-0.2, -0.15) is 11.3 Å². The first kappa shape index (κ1) is 32.6. The minimum Gasteiger partial charge on any atom is -0.321 e. The normalized spacial score (nSPS) is 11.8. The highest BCUT2D eigenvalue weighted by atomic mass is 32.2. The third-order valence-electron chi connectivity index (χ3n) is 7.15. The Morgan fingerprint density at radius 2 is 1.56 bits per heavy atom. The molecule has 3 amide bonds. The van der Waals surface area contributed by atoms with Crippen molar-refractivity contribution in [1.82, 2.24) is 10.3 Å². The standard InChI is InChI=1S/C38H30N4O3S3/c1-25-15-17-27(18-16-25)33-24-47-38(41-33)42-37(45)34(28-9-4-2-5-10-28)48-31-14-8-13-30(22-31)39-36(44)32(21-26-19-20-46-23-26)40-35(43)29-11-6-3-7-12-29/h2-24,34H,1H3,(H,39,44)(H,40,43)(H,41,42,45)/b32-21-. The van der Waals surface area contributed by atoms with E-state index in [1.165, 1.54) is 40.0 Å². The number of anilines is 2. The van der Waals surface area contributed by atoms with Gasteiger partial charge in [-0.3, -0.25) is 14.4 Å². The molecule has 0 bridgehead atoms. The molecule has 0 radical (unpaired) electrons. The summed E-state index contributed by atoms with van der Waals surface area (Å²) in [4.78, 5) is 45.7. The van der Waals surface area contributed by atoms with E-state index >= 15 is 0 Å². The van der Waals surface area contributed by atoms with Crippen LogP contribution < -0.4 is 16.0 Å². The van der Waals surface area contributed by atoms with Gasteiger partial charge in [0, 0.05) is 27.1 Å². The first-order chi connectivity index (χ1) is 23.4. The Bertz CT molecular complexity index is 2040. The molecule has 48 heavy (non-hydrogen) atoms. The molecular formula is C38H30N4O3S3. The minimum absolute atomic E-state index is 0.107. The van der Waals surface area contributed by atoms with Crippen molar-refractivity contribution in [1.29, 1.82) is 0 Å². The topological polar surface area (TPSA) is 100 Å². The van der Waals surface area contributed by atoms with Gasteiger partial charge in [-0.1, -0.05) is 84.4 Å². The first-order valence-electron chi connectivity index (χ1n) is 15.0. The molecule has 3 N–H and O–H groups in total. The molecule has 0 spiro atoms. The zero-order chi connectivity index (χ0) is 33.3. The Morgan fingerprint density at radius 3 is 2.29 bits per heavy atom. The number of carbonyl (C=O) groups is 3. The molecule has 10 heteroatoms. The van der Waals surface area contributed by atoms with E-state index in [0.717, 1.165) is 27.3 Å². The second-order valence-corrected chi connectivity index (χ2v) is 13.5. The fourth-order valence-electron chi connectivity index (χ4n) is 4.71. The van der Waals surface area contributed by atoms with Crippen LogP contribution in [-0.2, 0) is 9.59 Å². The van der Waals surface area contributed by atoms with Gasteiger partial charge in [0.1, 0.15) is 10.9 Å². The van der Waals surface area contributed by atoms with Crippen molar-refractivity contribution in [2.75, 3.05) is 10.6 Å². The van der Waals surface area contributed by atoms with E-state index in [9.17, 15) is 14.4 Å². The Labute approximate surface area is 290 Å². The number of hydrogen-bond acceptors (Lipinski definition) is 7. The van der Waals surface area contributed by atoms with Crippen molar-refractivity contribution in [3.05, 3.63) is 159 Å². The molecule has 1 atom stereocenters. The lowest BCUT2D eigenvalue weighted by Gasteiger charge is -2.17. The number of aryl methyl sites for hydroxylation is 1. The third kappa shape index (κ3) is 8.54. The number of rotatable bonds is 11. The van der Waals surface area contributed by atoms with Crippen LogP contribution in [0.15, 0.2) is 142 Å². The van der Waals surface area contributed by atoms with E-state index in [0.29, 0.717) is 16.4 Å². The SMILES string of the molecule is Cc1ccc(-c2csc(NC(=O)C(Sc3cccc(NC(=O)/C(=C/c4ccsc4)NC(=O)c4ccccc4)c3)c3ccccc3)n2)cc1. The maximum absolute atomic E-state index is 13.7. The van der Waals surface area contributed by atoms with E-state index in [1.54, 1.807) is 36.4 Å². The predicted octanol–water partition coefficient (Wildman–Crippen LogP) is 9.06. The maximum atomic E-state index is 13.7. The number of benzene rings is 4. The van der Waals surface area contributed by atoms with Gasteiger partial charge in [0.05, 0.1) is 5.69 Å². The van der Waals surface area contributed by atoms with Gasteiger partial charge in [0.25, 0.3) is 11.8 Å². The Morgan fingerprint density at radius 1 is 0.812 bits per heavy atom. The first-order valence-corrected chi connectivity index (χ1v) is 17.7. The lowest BCUT2D eigenvalue weighted by Crippen LogP contribution is -2.30. The maximum Gasteiger partial charge on any atom is 0.272 e. The highest BCUT2D eigenvalue weighted by Gasteiger charge is 2.24. The Hall–Kier alpha value is -5.29. The van der Waals surface area contributed by atoms with Gasteiger partial charge >= 0.3 is 0 Å². The van der Waals surface area contributed by atoms with Crippen LogP contribution in [0.5, 0.6) is 0 Å². The quantitative estimate of drug-likeness (QED) is 0.0933. The van der Waals surface area contributed by atoms with E-state index in [1.807, 2.05) is 108 Å². The van der Waals surface area contributed by atoms with Crippen LogP contribution in [0.25, 0.3) is 17.3 Å². The van der Waals surface area contributed by atoms with Gasteiger partial charge in [0.2, 0.25) is 5.91 Å². The van der Waals surface area contributed by atoms with Crippen LogP contribution in [0.4, 0.5) is 10.8 Å². The monoisotopic (exact) mass is 686 g/mol. The van der Waals surface area contributed by atoms with Gasteiger partial charge < -0.3 is 16.0 Å². The zero-order valence-electron chi connectivity index (χ0n) is 25.8. The molecule has 1 unspecified atom stereocenters. The zero-order valence-corrected chi connectivity index (χ0v) is 28.2. The minimum atomic E-state index is -0.594. The van der Waals surface area contributed by atoms with Crippen LogP contribution in [0.2, 0.25) is 0 Å². The highest BCUT2D eigenvalue weighted by molar-refractivity contribution is 8.00. The summed E-state index contributed by atoms with van der Waals surface area (Å²) in [7, 11) is 0. The van der Waals surface area contributed by atoms with Crippen molar-refractivity contribution in [2.24, 2.45) is 0 Å². The second kappa shape index (κ2) is 15.5. The number of nitrogens with zero attached hydrogens (tertiary/aromatic N) is 1. The summed E-state index contributed by atoms with van der Waals surface area (Å²) in [5.74, 6) is -1.08. The summed E-state index contributed by atoms with van der Waals surface area (Å²) < 4.78 is 0. The number of thiophene rings is 1. The largest absolute Gasteiger partial charge is 0.321 e. The average Bonchev–Trinajstić information content (AvgIpc) is 3.81. The molecule has 2 aromatic heterocycles. The summed E-state index contributed by atoms with van der Waals surface area (Å²) in [5, 5.41) is 14.3. The lowest BCUT2D eigenvalue weighted by atomic mass is 10.1. The van der Waals surface area contributed by atoms with Crippen LogP contribution in [0.3, 0.4) is 0 Å². The molecule has 0 saturated heterocycles. The second-order valence-electron chi connectivity index (χ2n) is 10.7. The van der Waals surface area contributed by atoms with Crippen LogP contribution in [0.1, 0.15) is 32.3 Å². The summed E-state index contributed by atoms with van der Waals surface area (Å²) in [5.41, 5.74) is 5.64. The lowest BCUT2D eigenvalue weighted by molar-refractivity contribution is -0.116. The van der Waals surface area contributed by atoms with Gasteiger partial charge in [-0.05, 0) is 71.3 Å². The van der Waals surface area contributed by atoms with E-state index in [-0.39, 0.29) is 17.5 Å². The molecule has 4 aromatic carbocycles. The molecule has 6 rings (SSSR count). The van der Waals surface area contributed by atoms with Gasteiger partial charge in [0.15, 0.2) is 5.13 Å². The van der Waals surface area contributed by atoms with Crippen molar-refractivity contribution >= 4 is 69.1 Å². The number of thioether (sulfide) groups is 1. The fourth-order valence-corrected chi connectivity index (χ4v) is 7.13. The van der Waals surface area contributed by atoms with Crippen molar-refractivity contribution in [3.63, 3.8) is 0 Å². The summed E-state index contributed by atoms with van der Waals surface area (Å²) in [6.07, 6.45) is 1.64. The van der Waals surface area contributed by atoms with Crippen LogP contribution in [0, 0.1) is 6.92 Å². The summed E-state index contributed by atoms with van der Waals surface area (Å²) in [6, 6.07) is 35.5. The number of aromatic nitrogens is 1. The number of amides is 3. The molecule has 238 valence electrons. The number of carbonyl (C=O) groups excluding carboxylic acids is 3. The van der Waals surface area contributed by atoms with Gasteiger partial charge in [-0.15, -0.1) is 23.1 Å². The molecule has 0 fully saturated rings. The molecule has 0 aliphatic heterocycles. The van der Waals surface area contributed by atoms with Crippen LogP contribution in [-0.4, -0.2) is 22.7 Å². The highest BCUT2D eigenvalue weighted by Crippen LogP contribution is 2.38. The third-order valence-corrected chi connectivity index (χ3v) is 9.86. The average molecular weight is 687 g/mol. The molecule has 6 aromatic rings. The molecular weight excluding hydrogens is 657 g/mol. The molecule has 0 saturated carbocycles. The van der Waals surface area contributed by atoms with Crippen LogP contribution >= 0.6 is 34.4 Å². The number of nitrogens with one attached hydrogen (secondary N) is 3. The van der Waals surface area contributed by atoms with E-state index in [2.05, 4.69) is 20.9 Å². The molecule has 0 aliphatic carbocycles. The fraction of sp³-hybridized carbons (Fsp3) is 0.0526. The van der Waals surface area contributed by atoms with E-state index < -0.39 is 11.2 Å². The van der Waals surface area contributed by atoms with Gasteiger partial charge in [-0.25, -0.2) is 4.98 Å². The van der Waals surface area contributed by atoms with Crippen molar-refractivity contribution in [3.8, 4) is 11.3 Å². The molecule has 7 nitrogen and oxygen atoms in total. The van der Waals surface area contributed by atoms with Crippen molar-refractivity contribution in [2.45, 2.75) is 17.1 Å². The van der Waals surface area contributed by atoms with Crippen molar-refractivity contribution < 1.29 is 14.4 Å². The molecule has 2 heterocycles. The predicted molar refractivity (Wildman–Crippen MR) is 197 cm³/mol. The Balaban J connectivity index is 1.19. The van der Waals surface area contributed by atoms with E-state index in [4.69, 9.17) is 0 Å². The summed E-state index contributed by atoms with van der Waals surface area (Å²) >= 11 is 4.24. The number of thiazole rings is 1.